The van der Waals surface area contributed by atoms with Crippen LogP contribution < -0.4 is 5.32 Å². The summed E-state index contributed by atoms with van der Waals surface area (Å²) in [5, 5.41) is 3.68. The summed E-state index contributed by atoms with van der Waals surface area (Å²) in [6, 6.07) is 0. The van der Waals surface area contributed by atoms with Crippen LogP contribution in [0.1, 0.15) is 73.1 Å². The van der Waals surface area contributed by atoms with Crippen molar-refractivity contribution in [3.8, 4) is 0 Å². The maximum atomic E-state index is 5.75. The van der Waals surface area contributed by atoms with Crippen LogP contribution in [0.4, 0.5) is 0 Å². The summed E-state index contributed by atoms with van der Waals surface area (Å²) in [7, 11) is 0. The average molecular weight is 255 g/mol. The van der Waals surface area contributed by atoms with Crippen molar-refractivity contribution in [3.05, 3.63) is 0 Å². The Hall–Kier alpha value is -0.0800. The Morgan fingerprint density at radius 3 is 2.39 bits per heavy atom. The highest BCUT2D eigenvalue weighted by atomic mass is 16.5. The molecule has 0 bridgehead atoms. The molecule has 1 saturated heterocycles. The van der Waals surface area contributed by atoms with Crippen LogP contribution >= 0.6 is 0 Å². The average Bonchev–Trinajstić information content (AvgIpc) is 2.76. The Bertz CT molecular complexity index is 228. The Morgan fingerprint density at radius 2 is 1.89 bits per heavy atom. The molecule has 1 rings (SSSR count). The number of nitrogens with one attached hydrogen (secondary N) is 1. The first-order chi connectivity index (χ1) is 8.35. The van der Waals surface area contributed by atoms with Crippen molar-refractivity contribution in [2.24, 2.45) is 5.41 Å². The lowest BCUT2D eigenvalue weighted by atomic mass is 9.79. The van der Waals surface area contributed by atoms with Gasteiger partial charge in [0, 0.05) is 18.7 Å². The Labute approximate surface area is 114 Å². The van der Waals surface area contributed by atoms with Gasteiger partial charge in [0.2, 0.25) is 0 Å². The summed E-state index contributed by atoms with van der Waals surface area (Å²) in [5.41, 5.74) is 0.646. The molecule has 18 heavy (non-hydrogen) atoms. The van der Waals surface area contributed by atoms with E-state index in [1.807, 2.05) is 0 Å². The van der Waals surface area contributed by atoms with Crippen LogP contribution in [-0.4, -0.2) is 24.8 Å². The van der Waals surface area contributed by atoms with Gasteiger partial charge in [0.1, 0.15) is 0 Å². The molecule has 0 aromatic rings. The van der Waals surface area contributed by atoms with Crippen molar-refractivity contribution in [2.45, 2.75) is 84.8 Å². The number of rotatable bonds is 7. The third-order valence-corrected chi connectivity index (χ3v) is 3.99. The Kier molecular flexibility index (Phi) is 6.13. The fourth-order valence-corrected chi connectivity index (χ4v) is 2.77. The van der Waals surface area contributed by atoms with E-state index in [4.69, 9.17) is 4.74 Å². The van der Waals surface area contributed by atoms with Crippen molar-refractivity contribution < 1.29 is 4.74 Å². The van der Waals surface area contributed by atoms with Crippen LogP contribution in [0.25, 0.3) is 0 Å². The molecule has 1 heterocycles. The third-order valence-electron chi connectivity index (χ3n) is 3.99. The fourth-order valence-electron chi connectivity index (χ4n) is 2.77. The van der Waals surface area contributed by atoms with Gasteiger partial charge >= 0.3 is 0 Å². The molecule has 2 unspecified atom stereocenters. The molecule has 1 N–H and O–H groups in total. The van der Waals surface area contributed by atoms with E-state index in [1.165, 1.54) is 38.5 Å². The predicted molar refractivity (Wildman–Crippen MR) is 79.0 cm³/mol. The van der Waals surface area contributed by atoms with Gasteiger partial charge in [-0.2, -0.15) is 0 Å². The van der Waals surface area contributed by atoms with E-state index in [9.17, 15) is 0 Å². The van der Waals surface area contributed by atoms with Crippen LogP contribution in [0.2, 0.25) is 0 Å². The van der Waals surface area contributed by atoms with Crippen LogP contribution in [0.5, 0.6) is 0 Å². The minimum atomic E-state index is 0.221. The monoisotopic (exact) mass is 255 g/mol. The van der Waals surface area contributed by atoms with E-state index in [2.05, 4.69) is 39.9 Å². The molecule has 2 heteroatoms. The topological polar surface area (TPSA) is 21.3 Å². The highest BCUT2D eigenvalue weighted by Crippen LogP contribution is 2.31. The van der Waals surface area contributed by atoms with Crippen molar-refractivity contribution in [3.63, 3.8) is 0 Å². The summed E-state index contributed by atoms with van der Waals surface area (Å²) < 4.78 is 5.75. The molecule has 1 aliphatic rings. The summed E-state index contributed by atoms with van der Waals surface area (Å²) in [5.74, 6) is 0. The van der Waals surface area contributed by atoms with E-state index >= 15 is 0 Å². The zero-order valence-electron chi connectivity index (χ0n) is 13.1. The number of hydrogen-bond donors (Lipinski definition) is 1. The van der Waals surface area contributed by atoms with Crippen molar-refractivity contribution in [1.29, 1.82) is 0 Å². The van der Waals surface area contributed by atoms with E-state index < -0.39 is 0 Å². The summed E-state index contributed by atoms with van der Waals surface area (Å²) in [6.45, 7) is 13.6. The van der Waals surface area contributed by atoms with E-state index in [0.29, 0.717) is 11.5 Å². The smallest absolute Gasteiger partial charge is 0.0576 e. The van der Waals surface area contributed by atoms with E-state index in [1.54, 1.807) is 0 Å². The highest BCUT2D eigenvalue weighted by Gasteiger charge is 2.27. The second-order valence-electron chi connectivity index (χ2n) is 7.34. The summed E-state index contributed by atoms with van der Waals surface area (Å²) >= 11 is 0. The van der Waals surface area contributed by atoms with E-state index in [-0.39, 0.29) is 5.54 Å². The Morgan fingerprint density at radius 1 is 1.17 bits per heavy atom. The molecule has 0 spiro atoms. The molecule has 0 saturated carbocycles. The summed E-state index contributed by atoms with van der Waals surface area (Å²) in [4.78, 5) is 0. The lowest BCUT2D eigenvalue weighted by Crippen LogP contribution is -2.43. The third kappa shape index (κ3) is 6.19. The first-order valence-corrected chi connectivity index (χ1v) is 7.71. The first-order valence-electron chi connectivity index (χ1n) is 7.71. The van der Waals surface area contributed by atoms with Crippen LogP contribution in [0, 0.1) is 5.41 Å². The molecule has 0 aromatic carbocycles. The number of hydrogen-bond acceptors (Lipinski definition) is 2. The van der Waals surface area contributed by atoms with E-state index in [0.717, 1.165) is 13.2 Å². The van der Waals surface area contributed by atoms with Crippen molar-refractivity contribution in [1.82, 2.24) is 5.32 Å². The van der Waals surface area contributed by atoms with Gasteiger partial charge in [0.15, 0.2) is 0 Å². The molecule has 2 atom stereocenters. The molecule has 0 aliphatic carbocycles. The SMILES string of the molecule is CCCC(C)(CCC1CCCO1)CNC(C)(C)C. The van der Waals surface area contributed by atoms with Gasteiger partial charge in [-0.25, -0.2) is 0 Å². The van der Waals surface area contributed by atoms with Gasteiger partial charge in [0.25, 0.3) is 0 Å². The quantitative estimate of drug-likeness (QED) is 0.738. The normalized spacial score (nSPS) is 24.2. The molecule has 1 fully saturated rings. The zero-order chi connectivity index (χ0) is 13.6. The molecule has 0 aromatic heterocycles. The van der Waals surface area contributed by atoms with Gasteiger partial charge in [-0.15, -0.1) is 0 Å². The van der Waals surface area contributed by atoms with Gasteiger partial charge in [-0.3, -0.25) is 0 Å². The standard InChI is InChI=1S/C16H33NO/c1-6-10-16(5,13-17-15(2,3)4)11-9-14-8-7-12-18-14/h14,17H,6-13H2,1-5H3. The molecular weight excluding hydrogens is 222 g/mol. The largest absolute Gasteiger partial charge is 0.378 e. The molecule has 0 radical (unpaired) electrons. The second-order valence-corrected chi connectivity index (χ2v) is 7.34. The maximum Gasteiger partial charge on any atom is 0.0576 e. The molecule has 108 valence electrons. The van der Waals surface area contributed by atoms with Gasteiger partial charge in [0.05, 0.1) is 6.10 Å². The zero-order valence-corrected chi connectivity index (χ0v) is 13.1. The highest BCUT2D eigenvalue weighted by molar-refractivity contribution is 4.82. The predicted octanol–water partition coefficient (Wildman–Crippen LogP) is 4.14. The summed E-state index contributed by atoms with van der Waals surface area (Å²) in [6.07, 6.45) is 8.17. The lowest BCUT2D eigenvalue weighted by molar-refractivity contribution is 0.0864. The molecule has 0 amide bonds. The van der Waals surface area contributed by atoms with Crippen molar-refractivity contribution in [2.75, 3.05) is 13.2 Å². The first kappa shape index (κ1) is 16.0. The van der Waals surface area contributed by atoms with Gasteiger partial charge < -0.3 is 10.1 Å². The van der Waals surface area contributed by atoms with Crippen molar-refractivity contribution >= 4 is 0 Å². The minimum absolute atomic E-state index is 0.221. The maximum absolute atomic E-state index is 5.75. The second kappa shape index (κ2) is 6.91. The van der Waals surface area contributed by atoms with Crippen LogP contribution in [0.3, 0.4) is 0 Å². The molecular formula is C16H33NO. The fraction of sp³-hybridized carbons (Fsp3) is 1.00. The van der Waals surface area contributed by atoms with Crippen LogP contribution in [0.15, 0.2) is 0 Å². The van der Waals surface area contributed by atoms with Gasteiger partial charge in [-0.05, 0) is 58.3 Å². The minimum Gasteiger partial charge on any atom is -0.378 e. The van der Waals surface area contributed by atoms with Gasteiger partial charge in [-0.1, -0.05) is 20.3 Å². The molecule has 1 aliphatic heterocycles. The number of ether oxygens (including phenoxy) is 1. The molecule has 2 nitrogen and oxygen atoms in total. The lowest BCUT2D eigenvalue weighted by Gasteiger charge is -2.34. The van der Waals surface area contributed by atoms with Crippen LogP contribution in [-0.2, 0) is 4.74 Å². The Balaban J connectivity index is 2.39.